The lowest BCUT2D eigenvalue weighted by Gasteiger charge is -2.28. The minimum atomic E-state index is -3.82. The molecule has 0 unspecified atom stereocenters. The number of benzene rings is 1. The maximum absolute atomic E-state index is 13.5. The van der Waals surface area contributed by atoms with Crippen molar-refractivity contribution in [3.8, 4) is 0 Å². The summed E-state index contributed by atoms with van der Waals surface area (Å²) in [6.07, 6.45) is 5.82. The molecule has 4 rings (SSSR count). The molecule has 1 aromatic carbocycles. The number of aromatic amines is 1. The van der Waals surface area contributed by atoms with Gasteiger partial charge in [0.15, 0.2) is 0 Å². The van der Waals surface area contributed by atoms with Crippen LogP contribution in [0.2, 0.25) is 0 Å². The van der Waals surface area contributed by atoms with E-state index in [1.54, 1.807) is 42.6 Å². The van der Waals surface area contributed by atoms with E-state index in [1.165, 1.54) is 23.7 Å². The van der Waals surface area contributed by atoms with Crippen LogP contribution in [0.4, 0.5) is 0 Å². The lowest BCUT2D eigenvalue weighted by molar-refractivity contribution is 0.0415. The zero-order valence-corrected chi connectivity index (χ0v) is 22.2. The van der Waals surface area contributed by atoms with E-state index in [4.69, 9.17) is 4.74 Å². The summed E-state index contributed by atoms with van der Waals surface area (Å²) >= 11 is 0. The number of pyridine rings is 2. The number of imidazole rings is 1. The van der Waals surface area contributed by atoms with Crippen LogP contribution in [-0.4, -0.2) is 58.3 Å². The van der Waals surface area contributed by atoms with Gasteiger partial charge >= 0.3 is 5.97 Å². The zero-order chi connectivity index (χ0) is 26.6. The third kappa shape index (κ3) is 6.20. The standard InChI is InChI=1S/C27H31N5O4S/c1-18(2)15-22(17-36-27(33)21-9-12-28-13-10-21)32(4)37(34,35)23-7-5-20(6-8-23)16-25-26-24(11-14-29-25)30-19(3)31-26/h5-14,18,22H,15-17H2,1-4H3,(H,30,31)/t22-/m0/s1. The molecule has 3 aromatic heterocycles. The van der Waals surface area contributed by atoms with E-state index in [1.807, 2.05) is 26.8 Å². The highest BCUT2D eigenvalue weighted by molar-refractivity contribution is 7.89. The average molecular weight is 522 g/mol. The highest BCUT2D eigenvalue weighted by atomic mass is 32.2. The van der Waals surface area contributed by atoms with Crippen LogP contribution in [0, 0.1) is 12.8 Å². The summed E-state index contributed by atoms with van der Waals surface area (Å²) in [5.74, 6) is 0.503. The first kappa shape index (κ1) is 26.4. The Morgan fingerprint density at radius 3 is 2.43 bits per heavy atom. The third-order valence-corrected chi connectivity index (χ3v) is 8.07. The number of sulfonamides is 1. The van der Waals surface area contributed by atoms with E-state index < -0.39 is 22.0 Å². The molecule has 1 N–H and O–H groups in total. The Kier molecular flexibility index (Phi) is 7.99. The minimum Gasteiger partial charge on any atom is -0.460 e. The van der Waals surface area contributed by atoms with Crippen molar-refractivity contribution in [1.29, 1.82) is 0 Å². The first-order valence-electron chi connectivity index (χ1n) is 12.1. The molecule has 0 aliphatic heterocycles. The molecular formula is C27H31N5O4S. The molecule has 37 heavy (non-hydrogen) atoms. The monoisotopic (exact) mass is 521 g/mol. The molecule has 4 aromatic rings. The fourth-order valence-corrected chi connectivity index (χ4v) is 5.54. The van der Waals surface area contributed by atoms with Crippen molar-refractivity contribution in [3.05, 3.63) is 83.7 Å². The number of aromatic nitrogens is 4. The second kappa shape index (κ2) is 11.2. The van der Waals surface area contributed by atoms with Gasteiger partial charge in [-0.15, -0.1) is 0 Å². The predicted octanol–water partition coefficient (Wildman–Crippen LogP) is 4.14. The van der Waals surface area contributed by atoms with Gasteiger partial charge in [-0.1, -0.05) is 26.0 Å². The number of nitrogens with zero attached hydrogens (tertiary/aromatic N) is 4. The summed E-state index contributed by atoms with van der Waals surface area (Å²) in [6, 6.07) is 11.3. The Bertz CT molecular complexity index is 1470. The van der Waals surface area contributed by atoms with Gasteiger partial charge in [-0.2, -0.15) is 4.31 Å². The predicted molar refractivity (Wildman–Crippen MR) is 141 cm³/mol. The number of likely N-dealkylation sites (N-methyl/N-ethyl adjacent to an activating group) is 1. The van der Waals surface area contributed by atoms with Gasteiger partial charge in [0, 0.05) is 32.1 Å². The van der Waals surface area contributed by atoms with Crippen molar-refractivity contribution in [3.63, 3.8) is 0 Å². The summed E-state index contributed by atoms with van der Waals surface area (Å²) < 4.78 is 33.7. The molecule has 0 bridgehead atoms. The smallest absolute Gasteiger partial charge is 0.338 e. The van der Waals surface area contributed by atoms with E-state index >= 15 is 0 Å². The number of esters is 1. The van der Waals surface area contributed by atoms with Gasteiger partial charge < -0.3 is 9.72 Å². The van der Waals surface area contributed by atoms with Crippen LogP contribution in [0.3, 0.4) is 0 Å². The zero-order valence-electron chi connectivity index (χ0n) is 21.4. The van der Waals surface area contributed by atoms with Gasteiger partial charge in [-0.05, 0) is 55.2 Å². The highest BCUT2D eigenvalue weighted by Crippen LogP contribution is 2.23. The molecule has 0 aliphatic rings. The fourth-order valence-electron chi connectivity index (χ4n) is 4.19. The van der Waals surface area contributed by atoms with Gasteiger partial charge in [0.2, 0.25) is 10.0 Å². The van der Waals surface area contributed by atoms with Gasteiger partial charge in [0.25, 0.3) is 0 Å². The maximum atomic E-state index is 13.5. The molecule has 3 heterocycles. The molecule has 194 valence electrons. The van der Waals surface area contributed by atoms with Crippen LogP contribution in [0.15, 0.2) is 66.0 Å². The normalized spacial score (nSPS) is 12.8. The van der Waals surface area contributed by atoms with E-state index in [2.05, 4.69) is 19.9 Å². The maximum Gasteiger partial charge on any atom is 0.338 e. The van der Waals surface area contributed by atoms with Crippen molar-refractivity contribution in [2.75, 3.05) is 13.7 Å². The number of ether oxygens (including phenoxy) is 1. The minimum absolute atomic E-state index is 0.0497. The molecule has 10 heteroatoms. The van der Waals surface area contributed by atoms with Crippen LogP contribution >= 0.6 is 0 Å². The van der Waals surface area contributed by atoms with Crippen LogP contribution < -0.4 is 0 Å². The van der Waals surface area contributed by atoms with Crippen molar-refractivity contribution in [1.82, 2.24) is 24.2 Å². The number of H-pyrrole nitrogens is 1. The van der Waals surface area contributed by atoms with E-state index in [-0.39, 0.29) is 17.4 Å². The Morgan fingerprint density at radius 2 is 1.76 bits per heavy atom. The number of rotatable bonds is 10. The van der Waals surface area contributed by atoms with Crippen molar-refractivity contribution in [2.45, 2.75) is 44.6 Å². The summed E-state index contributed by atoms with van der Waals surface area (Å²) in [4.78, 5) is 28.7. The van der Waals surface area contributed by atoms with Crippen molar-refractivity contribution < 1.29 is 17.9 Å². The fraction of sp³-hybridized carbons (Fsp3) is 0.333. The number of carbonyl (C=O) groups is 1. The molecule has 0 radical (unpaired) electrons. The van der Waals surface area contributed by atoms with E-state index in [0.29, 0.717) is 18.4 Å². The second-order valence-electron chi connectivity index (χ2n) is 9.44. The molecule has 0 saturated carbocycles. The molecule has 0 fully saturated rings. The van der Waals surface area contributed by atoms with Gasteiger partial charge in [0.05, 0.1) is 27.7 Å². The number of fused-ring (bicyclic) bond motifs is 1. The summed E-state index contributed by atoms with van der Waals surface area (Å²) in [7, 11) is -2.29. The summed E-state index contributed by atoms with van der Waals surface area (Å²) in [5, 5.41) is 0. The number of carbonyl (C=O) groups excluding carboxylic acids is 1. The highest BCUT2D eigenvalue weighted by Gasteiger charge is 2.30. The van der Waals surface area contributed by atoms with Crippen LogP contribution in [-0.2, 0) is 21.2 Å². The Hall–Kier alpha value is -3.63. The lowest BCUT2D eigenvalue weighted by Crippen LogP contribution is -2.41. The van der Waals surface area contributed by atoms with Crippen LogP contribution in [0.1, 0.15) is 47.7 Å². The second-order valence-corrected chi connectivity index (χ2v) is 11.4. The number of hydrogen-bond acceptors (Lipinski definition) is 7. The van der Waals surface area contributed by atoms with E-state index in [0.717, 1.165) is 28.1 Å². The molecule has 0 saturated heterocycles. The van der Waals surface area contributed by atoms with Gasteiger partial charge in [-0.25, -0.2) is 18.2 Å². The first-order valence-corrected chi connectivity index (χ1v) is 13.5. The molecule has 0 aliphatic carbocycles. The summed E-state index contributed by atoms with van der Waals surface area (Å²) in [6.45, 7) is 5.85. The molecule has 1 atom stereocenters. The lowest BCUT2D eigenvalue weighted by atomic mass is 10.0. The van der Waals surface area contributed by atoms with Crippen LogP contribution in [0.5, 0.6) is 0 Å². The summed E-state index contributed by atoms with van der Waals surface area (Å²) in [5.41, 5.74) is 3.85. The van der Waals surface area contributed by atoms with Gasteiger partial charge in [-0.3, -0.25) is 9.97 Å². The molecule has 0 spiro atoms. The quantitative estimate of drug-likeness (QED) is 0.312. The Balaban J connectivity index is 1.49. The van der Waals surface area contributed by atoms with Crippen LogP contribution in [0.25, 0.3) is 11.0 Å². The van der Waals surface area contributed by atoms with E-state index in [9.17, 15) is 13.2 Å². The third-order valence-electron chi connectivity index (χ3n) is 6.15. The SMILES string of the molecule is Cc1nc2c(Cc3ccc(S(=O)(=O)N(C)[C@H](COC(=O)c4ccncc4)CC(C)C)cc3)nccc2[nH]1. The Labute approximate surface area is 217 Å². The Morgan fingerprint density at radius 1 is 1.05 bits per heavy atom. The first-order chi connectivity index (χ1) is 17.6. The molecule has 0 amide bonds. The van der Waals surface area contributed by atoms with Gasteiger partial charge in [0.1, 0.15) is 17.9 Å². The topological polar surface area (TPSA) is 118 Å². The number of aryl methyl sites for hydroxylation is 1. The van der Waals surface area contributed by atoms with Crippen molar-refractivity contribution >= 4 is 27.0 Å². The largest absolute Gasteiger partial charge is 0.460 e. The average Bonchev–Trinajstić information content (AvgIpc) is 3.28. The molecule has 9 nitrogen and oxygen atoms in total. The van der Waals surface area contributed by atoms with Crippen molar-refractivity contribution in [2.24, 2.45) is 5.92 Å². The number of hydrogen-bond donors (Lipinski definition) is 1. The molecular weight excluding hydrogens is 490 g/mol. The number of nitrogens with one attached hydrogen (secondary N) is 1.